The van der Waals surface area contributed by atoms with E-state index in [4.69, 9.17) is 18.9 Å². The van der Waals surface area contributed by atoms with Crippen molar-refractivity contribution in [1.82, 2.24) is 4.90 Å². The summed E-state index contributed by atoms with van der Waals surface area (Å²) in [5.74, 6) is 0.890. The second-order valence-electron chi connectivity index (χ2n) is 6.93. The SMILES string of the molecule is CCCOC(=O)C(Cc1ccc(OCCN2COc3ccccc3C2=O)cc1)OC. The number of ether oxygens (including phenoxy) is 4. The summed E-state index contributed by atoms with van der Waals surface area (Å²) in [5, 5.41) is 0. The van der Waals surface area contributed by atoms with Gasteiger partial charge in [-0.15, -0.1) is 0 Å². The zero-order valence-electron chi connectivity index (χ0n) is 17.3. The van der Waals surface area contributed by atoms with Crippen LogP contribution in [-0.2, 0) is 20.7 Å². The molecule has 0 bridgehead atoms. The number of benzene rings is 2. The van der Waals surface area contributed by atoms with Crippen molar-refractivity contribution in [3.63, 3.8) is 0 Å². The van der Waals surface area contributed by atoms with Crippen LogP contribution < -0.4 is 9.47 Å². The number of fused-ring (bicyclic) bond motifs is 1. The van der Waals surface area contributed by atoms with Crippen molar-refractivity contribution in [3.05, 3.63) is 59.7 Å². The van der Waals surface area contributed by atoms with Crippen LogP contribution in [0.2, 0.25) is 0 Å². The summed E-state index contributed by atoms with van der Waals surface area (Å²) in [6, 6.07) is 14.7. The highest BCUT2D eigenvalue weighted by Gasteiger charge is 2.25. The molecule has 1 atom stereocenters. The molecule has 1 aliphatic heterocycles. The van der Waals surface area contributed by atoms with Crippen molar-refractivity contribution in [2.24, 2.45) is 0 Å². The third-order valence-corrected chi connectivity index (χ3v) is 4.75. The van der Waals surface area contributed by atoms with Gasteiger partial charge in [-0.3, -0.25) is 4.79 Å². The standard InChI is InChI=1S/C23H27NO6/c1-3-13-29-23(26)21(27-2)15-17-8-10-18(11-9-17)28-14-12-24-16-30-20-7-5-4-6-19(20)22(24)25/h4-11,21H,3,12-16H2,1-2H3. The Balaban J connectivity index is 1.47. The minimum atomic E-state index is -0.628. The first-order valence-electron chi connectivity index (χ1n) is 10.0. The summed E-state index contributed by atoms with van der Waals surface area (Å²) in [6.07, 6.45) is 0.574. The van der Waals surface area contributed by atoms with Crippen LogP contribution in [0.1, 0.15) is 29.3 Å². The normalized spacial score (nSPS) is 13.9. The Hall–Kier alpha value is -3.06. The lowest BCUT2D eigenvalue weighted by Crippen LogP contribution is -2.40. The number of nitrogens with zero attached hydrogens (tertiary/aromatic N) is 1. The molecule has 0 saturated carbocycles. The molecule has 0 radical (unpaired) electrons. The van der Waals surface area contributed by atoms with Gasteiger partial charge in [-0.1, -0.05) is 31.2 Å². The van der Waals surface area contributed by atoms with E-state index in [1.165, 1.54) is 7.11 Å². The Bertz CT molecular complexity index is 851. The topological polar surface area (TPSA) is 74.3 Å². The highest BCUT2D eigenvalue weighted by atomic mass is 16.6. The minimum Gasteiger partial charge on any atom is -0.492 e. The van der Waals surface area contributed by atoms with Crippen LogP contribution in [-0.4, -0.2) is 56.5 Å². The second kappa shape index (κ2) is 10.6. The Labute approximate surface area is 176 Å². The summed E-state index contributed by atoms with van der Waals surface area (Å²) < 4.78 is 21.8. The van der Waals surface area contributed by atoms with E-state index in [-0.39, 0.29) is 18.6 Å². The lowest BCUT2D eigenvalue weighted by atomic mass is 10.1. The largest absolute Gasteiger partial charge is 0.492 e. The van der Waals surface area contributed by atoms with Gasteiger partial charge in [-0.2, -0.15) is 0 Å². The Morgan fingerprint density at radius 1 is 1.13 bits per heavy atom. The molecule has 1 unspecified atom stereocenters. The summed E-state index contributed by atoms with van der Waals surface area (Å²) in [5.41, 5.74) is 1.51. The summed E-state index contributed by atoms with van der Waals surface area (Å²) in [7, 11) is 1.50. The molecular formula is C23H27NO6. The Morgan fingerprint density at radius 2 is 1.90 bits per heavy atom. The minimum absolute atomic E-state index is 0.0589. The molecule has 1 heterocycles. The highest BCUT2D eigenvalue weighted by Crippen LogP contribution is 2.24. The number of hydrogen-bond donors (Lipinski definition) is 0. The van der Waals surface area contributed by atoms with Gasteiger partial charge in [-0.25, -0.2) is 4.79 Å². The molecule has 7 nitrogen and oxygen atoms in total. The number of hydrogen-bond acceptors (Lipinski definition) is 6. The number of esters is 1. The summed E-state index contributed by atoms with van der Waals surface area (Å²) in [4.78, 5) is 26.1. The molecule has 0 aromatic heterocycles. The van der Waals surface area contributed by atoms with E-state index in [0.29, 0.717) is 43.2 Å². The van der Waals surface area contributed by atoms with Crippen molar-refractivity contribution in [3.8, 4) is 11.5 Å². The van der Waals surface area contributed by atoms with Gasteiger partial charge in [0.15, 0.2) is 12.8 Å². The first-order chi connectivity index (χ1) is 14.6. The van der Waals surface area contributed by atoms with Gasteiger partial charge in [0.2, 0.25) is 0 Å². The smallest absolute Gasteiger partial charge is 0.335 e. The quantitative estimate of drug-likeness (QED) is 0.558. The number of para-hydroxylation sites is 1. The van der Waals surface area contributed by atoms with E-state index in [0.717, 1.165) is 12.0 Å². The number of carbonyl (C=O) groups excluding carboxylic acids is 2. The molecule has 0 saturated heterocycles. The maximum Gasteiger partial charge on any atom is 0.335 e. The number of methoxy groups -OCH3 is 1. The summed E-state index contributed by atoms with van der Waals surface area (Å²) >= 11 is 0. The number of amides is 1. The van der Waals surface area contributed by atoms with Crippen LogP contribution >= 0.6 is 0 Å². The number of rotatable bonds is 10. The predicted molar refractivity (Wildman–Crippen MR) is 111 cm³/mol. The fraction of sp³-hybridized carbons (Fsp3) is 0.391. The third kappa shape index (κ3) is 5.51. The van der Waals surface area contributed by atoms with Crippen LogP contribution in [0.3, 0.4) is 0 Å². The van der Waals surface area contributed by atoms with Gasteiger partial charge < -0.3 is 23.8 Å². The molecule has 0 fully saturated rings. The van der Waals surface area contributed by atoms with E-state index in [9.17, 15) is 9.59 Å². The van der Waals surface area contributed by atoms with E-state index in [1.54, 1.807) is 17.0 Å². The second-order valence-corrected chi connectivity index (χ2v) is 6.93. The maximum absolute atomic E-state index is 12.5. The first-order valence-corrected chi connectivity index (χ1v) is 10.0. The van der Waals surface area contributed by atoms with Gasteiger partial charge >= 0.3 is 5.97 Å². The van der Waals surface area contributed by atoms with Crippen LogP contribution in [0.25, 0.3) is 0 Å². The molecule has 160 valence electrons. The van der Waals surface area contributed by atoms with Gasteiger partial charge in [0.05, 0.1) is 18.7 Å². The fourth-order valence-electron chi connectivity index (χ4n) is 3.08. The molecule has 3 rings (SSSR count). The Kier molecular flexibility index (Phi) is 7.68. The average molecular weight is 413 g/mol. The van der Waals surface area contributed by atoms with Crippen molar-refractivity contribution in [2.75, 3.05) is 33.6 Å². The van der Waals surface area contributed by atoms with Crippen LogP contribution in [0.5, 0.6) is 11.5 Å². The van der Waals surface area contributed by atoms with Gasteiger partial charge in [-0.05, 0) is 36.2 Å². The molecule has 0 aliphatic carbocycles. The third-order valence-electron chi connectivity index (χ3n) is 4.75. The van der Waals surface area contributed by atoms with Crippen molar-refractivity contribution in [2.45, 2.75) is 25.9 Å². The monoisotopic (exact) mass is 413 g/mol. The van der Waals surface area contributed by atoms with Crippen molar-refractivity contribution in [1.29, 1.82) is 0 Å². The van der Waals surface area contributed by atoms with Crippen LogP contribution in [0, 0.1) is 0 Å². The van der Waals surface area contributed by atoms with E-state index in [1.807, 2.05) is 43.3 Å². The molecule has 7 heteroatoms. The molecule has 30 heavy (non-hydrogen) atoms. The zero-order chi connectivity index (χ0) is 21.3. The highest BCUT2D eigenvalue weighted by molar-refractivity contribution is 5.97. The molecule has 0 spiro atoms. The van der Waals surface area contributed by atoms with Crippen molar-refractivity contribution >= 4 is 11.9 Å². The summed E-state index contributed by atoms with van der Waals surface area (Å²) in [6.45, 7) is 3.32. The van der Waals surface area contributed by atoms with E-state index < -0.39 is 6.10 Å². The van der Waals surface area contributed by atoms with Gasteiger partial charge in [0.25, 0.3) is 5.91 Å². The van der Waals surface area contributed by atoms with E-state index in [2.05, 4.69) is 0 Å². The predicted octanol–water partition coefficient (Wildman–Crippen LogP) is 3.07. The molecule has 1 amide bonds. The molecular weight excluding hydrogens is 386 g/mol. The molecule has 2 aromatic rings. The van der Waals surface area contributed by atoms with Crippen LogP contribution in [0.4, 0.5) is 0 Å². The first kappa shape index (κ1) is 21.6. The van der Waals surface area contributed by atoms with E-state index >= 15 is 0 Å². The lowest BCUT2D eigenvalue weighted by molar-refractivity contribution is -0.155. The maximum atomic E-state index is 12.5. The van der Waals surface area contributed by atoms with Gasteiger partial charge in [0.1, 0.15) is 18.1 Å². The molecule has 0 N–H and O–H groups in total. The van der Waals surface area contributed by atoms with Crippen molar-refractivity contribution < 1.29 is 28.5 Å². The molecule has 1 aliphatic rings. The van der Waals surface area contributed by atoms with Crippen LogP contribution in [0.15, 0.2) is 48.5 Å². The van der Waals surface area contributed by atoms with Gasteiger partial charge in [0, 0.05) is 13.5 Å². The Morgan fingerprint density at radius 3 is 2.63 bits per heavy atom. The molecule has 2 aromatic carbocycles. The fourth-order valence-corrected chi connectivity index (χ4v) is 3.08. The lowest BCUT2D eigenvalue weighted by Gasteiger charge is -2.28. The number of carbonyl (C=O) groups is 2. The zero-order valence-corrected chi connectivity index (χ0v) is 17.3. The average Bonchev–Trinajstić information content (AvgIpc) is 2.78.